The Labute approximate surface area is 187 Å². The molecule has 1 amide bonds. The molecule has 2 atom stereocenters. The van der Waals surface area contributed by atoms with Crippen molar-refractivity contribution in [3.63, 3.8) is 0 Å². The first kappa shape index (κ1) is 23.4. The van der Waals surface area contributed by atoms with E-state index in [-0.39, 0.29) is 16.7 Å². The number of nitrogens with zero attached hydrogens (tertiary/aromatic N) is 2. The van der Waals surface area contributed by atoms with Crippen molar-refractivity contribution in [1.82, 2.24) is 4.90 Å². The number of benzene rings is 2. The Morgan fingerprint density at radius 3 is 2.44 bits per heavy atom. The van der Waals surface area contributed by atoms with Gasteiger partial charge in [0.2, 0.25) is 6.04 Å². The van der Waals surface area contributed by atoms with E-state index in [4.69, 9.17) is 4.74 Å². The molecule has 0 spiro atoms. The molecule has 1 aliphatic rings. The van der Waals surface area contributed by atoms with Gasteiger partial charge >= 0.3 is 5.97 Å². The van der Waals surface area contributed by atoms with Gasteiger partial charge in [0.1, 0.15) is 11.7 Å². The molecule has 1 N–H and O–H groups in total. The number of aliphatic hydroxyl groups excluding tert-OH is 1. The second-order valence-corrected chi connectivity index (χ2v) is 9.02. The van der Waals surface area contributed by atoms with Gasteiger partial charge in [0.15, 0.2) is 0 Å². The smallest absolute Gasteiger partial charge is 0.338 e. The largest absolute Gasteiger partial charge is 0.456 e. The van der Waals surface area contributed by atoms with Crippen LogP contribution in [-0.2, 0) is 17.7 Å². The molecule has 0 saturated heterocycles. The summed E-state index contributed by atoms with van der Waals surface area (Å²) in [5.74, 6) is -1.01. The SMILES string of the molecule is CC(C(O)c1ccc(C(=O)OC(C)(C)C)cc1C(=O)N1CCc2ccccc2C1)[N+](=O)[O-]. The van der Waals surface area contributed by atoms with Gasteiger partial charge in [-0.2, -0.15) is 0 Å². The van der Waals surface area contributed by atoms with Gasteiger partial charge in [-0.15, -0.1) is 0 Å². The van der Waals surface area contributed by atoms with E-state index in [2.05, 4.69) is 0 Å². The van der Waals surface area contributed by atoms with E-state index in [9.17, 15) is 24.8 Å². The molecule has 3 rings (SSSR count). The molecule has 2 unspecified atom stereocenters. The third-order valence-corrected chi connectivity index (χ3v) is 5.44. The lowest BCUT2D eigenvalue weighted by Crippen LogP contribution is -2.37. The summed E-state index contributed by atoms with van der Waals surface area (Å²) in [6.07, 6.45) is -0.828. The zero-order valence-corrected chi connectivity index (χ0v) is 18.7. The Hall–Kier alpha value is -3.26. The minimum atomic E-state index is -1.51. The van der Waals surface area contributed by atoms with Gasteiger partial charge in [-0.05, 0) is 50.5 Å². The van der Waals surface area contributed by atoms with Gasteiger partial charge in [0.25, 0.3) is 5.91 Å². The van der Waals surface area contributed by atoms with Crippen LogP contribution in [0, 0.1) is 10.1 Å². The molecular formula is C24H28N2O6. The molecular weight excluding hydrogens is 412 g/mol. The molecule has 2 aromatic carbocycles. The maximum atomic E-state index is 13.5. The van der Waals surface area contributed by atoms with E-state index in [1.165, 1.54) is 30.7 Å². The molecule has 0 aliphatic carbocycles. The number of fused-ring (bicyclic) bond motifs is 1. The highest BCUT2D eigenvalue weighted by Crippen LogP contribution is 2.28. The van der Waals surface area contributed by atoms with Gasteiger partial charge in [0, 0.05) is 36.1 Å². The van der Waals surface area contributed by atoms with Crippen LogP contribution in [0.5, 0.6) is 0 Å². The Balaban J connectivity index is 2.00. The highest BCUT2D eigenvalue weighted by Gasteiger charge is 2.32. The molecule has 170 valence electrons. The van der Waals surface area contributed by atoms with Crippen LogP contribution in [0.3, 0.4) is 0 Å². The molecule has 2 aromatic rings. The first-order chi connectivity index (χ1) is 15.0. The van der Waals surface area contributed by atoms with Crippen LogP contribution in [-0.4, -0.2) is 45.0 Å². The number of carbonyl (C=O) groups is 2. The topological polar surface area (TPSA) is 110 Å². The van der Waals surface area contributed by atoms with Gasteiger partial charge in [-0.3, -0.25) is 14.9 Å². The zero-order chi connectivity index (χ0) is 23.6. The van der Waals surface area contributed by atoms with Crippen LogP contribution in [0.4, 0.5) is 0 Å². The molecule has 1 heterocycles. The van der Waals surface area contributed by atoms with E-state index in [1.54, 1.807) is 25.7 Å². The second-order valence-electron chi connectivity index (χ2n) is 9.02. The number of esters is 1. The van der Waals surface area contributed by atoms with E-state index in [1.807, 2.05) is 24.3 Å². The minimum Gasteiger partial charge on any atom is -0.456 e. The van der Waals surface area contributed by atoms with E-state index in [0.29, 0.717) is 19.5 Å². The van der Waals surface area contributed by atoms with Crippen molar-refractivity contribution in [2.75, 3.05) is 6.54 Å². The number of nitro groups is 1. The van der Waals surface area contributed by atoms with Gasteiger partial charge in [-0.25, -0.2) is 4.79 Å². The zero-order valence-electron chi connectivity index (χ0n) is 18.7. The summed E-state index contributed by atoms with van der Waals surface area (Å²) >= 11 is 0. The maximum Gasteiger partial charge on any atom is 0.338 e. The fourth-order valence-corrected chi connectivity index (χ4v) is 3.68. The summed E-state index contributed by atoms with van der Waals surface area (Å²) < 4.78 is 5.40. The van der Waals surface area contributed by atoms with Crippen molar-refractivity contribution >= 4 is 11.9 Å². The predicted octanol–water partition coefficient (Wildman–Crippen LogP) is 3.54. The highest BCUT2D eigenvalue weighted by atomic mass is 16.6. The quantitative estimate of drug-likeness (QED) is 0.433. The van der Waals surface area contributed by atoms with Gasteiger partial charge < -0.3 is 14.7 Å². The van der Waals surface area contributed by atoms with Crippen LogP contribution in [0.25, 0.3) is 0 Å². The minimum absolute atomic E-state index is 0.0638. The van der Waals surface area contributed by atoms with Crippen LogP contribution in [0.15, 0.2) is 42.5 Å². The lowest BCUT2D eigenvalue weighted by atomic mass is 9.93. The second kappa shape index (κ2) is 9.08. The number of aliphatic hydroxyl groups is 1. The molecule has 8 heteroatoms. The lowest BCUT2D eigenvalue weighted by Gasteiger charge is -2.30. The lowest BCUT2D eigenvalue weighted by molar-refractivity contribution is -0.531. The van der Waals surface area contributed by atoms with Crippen LogP contribution >= 0.6 is 0 Å². The number of hydrogen-bond donors (Lipinski definition) is 1. The van der Waals surface area contributed by atoms with Crippen molar-refractivity contribution in [3.05, 3.63) is 80.4 Å². The van der Waals surface area contributed by atoms with Crippen molar-refractivity contribution in [2.24, 2.45) is 0 Å². The number of amides is 1. The normalized spacial score (nSPS) is 15.5. The Morgan fingerprint density at radius 2 is 1.81 bits per heavy atom. The van der Waals surface area contributed by atoms with Gasteiger partial charge in [-0.1, -0.05) is 30.3 Å². The first-order valence-corrected chi connectivity index (χ1v) is 10.5. The molecule has 0 fully saturated rings. The molecule has 0 aromatic heterocycles. The van der Waals surface area contributed by atoms with Crippen molar-refractivity contribution in [2.45, 2.75) is 58.4 Å². The highest BCUT2D eigenvalue weighted by molar-refractivity contribution is 5.99. The van der Waals surface area contributed by atoms with Crippen LogP contribution in [0.2, 0.25) is 0 Å². The Morgan fingerprint density at radius 1 is 1.16 bits per heavy atom. The van der Waals surface area contributed by atoms with E-state index in [0.717, 1.165) is 5.56 Å². The summed E-state index contributed by atoms with van der Waals surface area (Å²) in [6, 6.07) is 10.7. The Bertz CT molecular complexity index is 1040. The summed E-state index contributed by atoms with van der Waals surface area (Å²) in [5, 5.41) is 21.9. The standard InChI is InChI=1S/C24H28N2O6/c1-15(26(30)31)21(27)19-10-9-17(23(29)32-24(2,3)4)13-20(19)22(28)25-12-11-16-7-5-6-8-18(16)14-25/h5-10,13,15,21,27H,11-12,14H2,1-4H3. The molecule has 0 bridgehead atoms. The summed E-state index contributed by atoms with van der Waals surface area (Å²) in [7, 11) is 0. The molecule has 0 saturated carbocycles. The van der Waals surface area contributed by atoms with Crippen LogP contribution < -0.4 is 0 Å². The average molecular weight is 440 g/mol. The maximum absolute atomic E-state index is 13.5. The third kappa shape index (κ3) is 5.13. The summed E-state index contributed by atoms with van der Waals surface area (Å²) in [5.41, 5.74) is 1.79. The third-order valence-electron chi connectivity index (χ3n) is 5.44. The number of ether oxygens (including phenoxy) is 1. The fourth-order valence-electron chi connectivity index (χ4n) is 3.68. The summed E-state index contributed by atoms with van der Waals surface area (Å²) in [6.45, 7) is 7.33. The molecule has 32 heavy (non-hydrogen) atoms. The number of carbonyl (C=O) groups excluding carboxylic acids is 2. The Kier molecular flexibility index (Phi) is 6.64. The monoisotopic (exact) mass is 440 g/mol. The number of rotatable bonds is 5. The molecule has 0 radical (unpaired) electrons. The molecule has 1 aliphatic heterocycles. The predicted molar refractivity (Wildman–Crippen MR) is 118 cm³/mol. The van der Waals surface area contributed by atoms with E-state index < -0.39 is 34.5 Å². The molecule has 8 nitrogen and oxygen atoms in total. The average Bonchev–Trinajstić information content (AvgIpc) is 2.75. The van der Waals surface area contributed by atoms with Crippen molar-refractivity contribution in [1.29, 1.82) is 0 Å². The fraction of sp³-hybridized carbons (Fsp3) is 0.417. The van der Waals surface area contributed by atoms with Crippen LogP contribution in [0.1, 0.15) is 71.2 Å². The van der Waals surface area contributed by atoms with Crippen molar-refractivity contribution < 1.29 is 24.4 Å². The van der Waals surface area contributed by atoms with Gasteiger partial charge in [0.05, 0.1) is 5.56 Å². The summed E-state index contributed by atoms with van der Waals surface area (Å²) in [4.78, 5) is 38.3. The van der Waals surface area contributed by atoms with E-state index >= 15 is 0 Å². The van der Waals surface area contributed by atoms with Crippen molar-refractivity contribution in [3.8, 4) is 0 Å². The first-order valence-electron chi connectivity index (χ1n) is 10.5. The number of hydrogen-bond acceptors (Lipinski definition) is 6.